The molecule has 10 nitrogen and oxygen atoms in total. The third-order valence-electron chi connectivity index (χ3n) is 7.49. The number of quaternary nitrogens is 1. The fraction of sp³-hybridized carbons (Fsp3) is 0.577. The Morgan fingerprint density at radius 2 is 1.73 bits per heavy atom. The van der Waals surface area contributed by atoms with Gasteiger partial charge in [0.15, 0.2) is 6.04 Å². The van der Waals surface area contributed by atoms with Gasteiger partial charge in [0, 0.05) is 45.1 Å². The monoisotopic (exact) mass is 528 g/mol. The molecule has 1 saturated carbocycles. The molecule has 11 heteroatoms. The Bertz CT molecular complexity index is 1030. The third-order valence-corrected chi connectivity index (χ3v) is 8.15. The van der Waals surface area contributed by atoms with E-state index in [0.717, 1.165) is 48.6 Å². The van der Waals surface area contributed by atoms with Crippen molar-refractivity contribution in [2.75, 3.05) is 33.2 Å². The molecule has 1 aromatic carbocycles. The number of aromatic nitrogens is 2. The number of nitrogens with zero attached hydrogens (tertiary/aromatic N) is 4. The lowest BCUT2D eigenvalue weighted by Gasteiger charge is -2.34. The molecule has 2 aromatic rings. The quantitative estimate of drug-likeness (QED) is 0.433. The Balaban J connectivity index is 1.35. The highest BCUT2D eigenvalue weighted by molar-refractivity contribution is 7.07. The first-order valence-corrected chi connectivity index (χ1v) is 13.9. The van der Waals surface area contributed by atoms with Gasteiger partial charge in [0.05, 0.1) is 6.20 Å². The molecular weight excluding hydrogens is 490 g/mol. The van der Waals surface area contributed by atoms with Crippen molar-refractivity contribution in [3.05, 3.63) is 46.5 Å². The molecule has 3 amide bonds. The van der Waals surface area contributed by atoms with Gasteiger partial charge in [0.2, 0.25) is 5.91 Å². The second-order valence-corrected chi connectivity index (χ2v) is 11.0. The van der Waals surface area contributed by atoms with E-state index in [1.807, 2.05) is 36.2 Å². The molecule has 4 rings (SSSR count). The smallest absolute Gasteiger partial charge is 0.278 e. The molecule has 0 spiro atoms. The van der Waals surface area contributed by atoms with Crippen LogP contribution in [-0.4, -0.2) is 82.4 Å². The van der Waals surface area contributed by atoms with Gasteiger partial charge in [-0.05, 0) is 42.5 Å². The summed E-state index contributed by atoms with van der Waals surface area (Å²) in [7, 11) is 2.04. The van der Waals surface area contributed by atoms with Crippen LogP contribution < -0.4 is 16.4 Å². The maximum absolute atomic E-state index is 13.4. The van der Waals surface area contributed by atoms with Gasteiger partial charge in [0.25, 0.3) is 11.8 Å². The number of carbonyl (C=O) groups excluding carboxylic acids is 3. The topological polar surface area (TPSA) is 135 Å². The van der Waals surface area contributed by atoms with Crippen LogP contribution in [0.25, 0.3) is 0 Å². The molecule has 0 bridgehead atoms. The standard InChI is InChI=1S/C26H37N7O3S/c1-32-11-13-33(14-12-32)26(36)21(30-24(34)22-17-29-31-37-22)15-18-7-9-19(10-8-18)16-28-25(35)23(27)20-5-3-2-4-6-20/h7-10,17,20-21,23H,2-6,11-16,27H2,1H3,(H,28,35)(H,30,34)/p+1/t21-,23+/m1/s1. The summed E-state index contributed by atoms with van der Waals surface area (Å²) in [6, 6.07) is 6.93. The van der Waals surface area contributed by atoms with Crippen LogP contribution in [0.1, 0.15) is 52.9 Å². The molecule has 2 aliphatic rings. The van der Waals surface area contributed by atoms with Crippen LogP contribution in [0.2, 0.25) is 0 Å². The molecule has 37 heavy (non-hydrogen) atoms. The SMILES string of the molecule is CN1CCN(C(=O)[C@@H](Cc2ccc(CNC(=O)[C@@H]([NH3+])C3CCCCC3)cc2)NC(=O)c2cnns2)CC1. The fourth-order valence-corrected chi connectivity index (χ4v) is 5.46. The minimum atomic E-state index is -0.689. The molecule has 1 aromatic heterocycles. The average molecular weight is 529 g/mol. The number of nitrogens with one attached hydrogen (secondary N) is 2. The van der Waals surface area contributed by atoms with E-state index in [2.05, 4.69) is 30.9 Å². The third kappa shape index (κ3) is 7.56. The summed E-state index contributed by atoms with van der Waals surface area (Å²) in [5.41, 5.74) is 6.04. The first-order chi connectivity index (χ1) is 17.9. The summed E-state index contributed by atoms with van der Waals surface area (Å²) < 4.78 is 3.75. The van der Waals surface area contributed by atoms with Gasteiger partial charge in [-0.2, -0.15) is 0 Å². The summed E-state index contributed by atoms with van der Waals surface area (Å²) in [4.78, 5) is 43.1. The van der Waals surface area contributed by atoms with Crippen LogP contribution >= 0.6 is 11.5 Å². The number of amides is 3. The van der Waals surface area contributed by atoms with Crippen molar-refractivity contribution in [1.29, 1.82) is 0 Å². The van der Waals surface area contributed by atoms with Crippen molar-refractivity contribution in [3.63, 3.8) is 0 Å². The summed E-state index contributed by atoms with van der Waals surface area (Å²) in [6.07, 6.45) is 7.58. The Morgan fingerprint density at radius 1 is 1.05 bits per heavy atom. The van der Waals surface area contributed by atoms with E-state index in [1.54, 1.807) is 0 Å². The fourth-order valence-electron chi connectivity index (χ4n) is 5.04. The van der Waals surface area contributed by atoms with Crippen LogP contribution in [0.3, 0.4) is 0 Å². The van der Waals surface area contributed by atoms with Crippen molar-refractivity contribution in [3.8, 4) is 0 Å². The van der Waals surface area contributed by atoms with Gasteiger partial charge >= 0.3 is 0 Å². The van der Waals surface area contributed by atoms with E-state index in [0.29, 0.717) is 36.9 Å². The van der Waals surface area contributed by atoms with Crippen molar-refractivity contribution in [1.82, 2.24) is 30.0 Å². The number of likely N-dealkylation sites (N-methyl/N-ethyl adjacent to an activating group) is 1. The van der Waals surface area contributed by atoms with Crippen molar-refractivity contribution >= 4 is 29.3 Å². The summed E-state index contributed by atoms with van der Waals surface area (Å²) in [5, 5.41) is 9.65. The van der Waals surface area contributed by atoms with Crippen LogP contribution in [0.15, 0.2) is 30.5 Å². The normalized spacial score (nSPS) is 18.7. The minimum absolute atomic E-state index is 0.00841. The van der Waals surface area contributed by atoms with Crippen LogP contribution in [0.5, 0.6) is 0 Å². The van der Waals surface area contributed by atoms with E-state index in [1.165, 1.54) is 25.5 Å². The Morgan fingerprint density at radius 3 is 2.38 bits per heavy atom. The number of carbonyl (C=O) groups is 3. The van der Waals surface area contributed by atoms with E-state index in [-0.39, 0.29) is 23.8 Å². The zero-order valence-electron chi connectivity index (χ0n) is 21.5. The molecule has 2 fully saturated rings. The summed E-state index contributed by atoms with van der Waals surface area (Å²) in [6.45, 7) is 3.32. The van der Waals surface area contributed by atoms with E-state index < -0.39 is 6.04 Å². The largest absolute Gasteiger partial charge is 0.347 e. The number of hydrogen-bond donors (Lipinski definition) is 3. The summed E-state index contributed by atoms with van der Waals surface area (Å²) in [5.74, 6) is -0.0436. The van der Waals surface area contributed by atoms with Gasteiger partial charge < -0.3 is 26.2 Å². The average Bonchev–Trinajstić information content (AvgIpc) is 3.48. The minimum Gasteiger partial charge on any atom is -0.347 e. The Labute approximate surface area is 222 Å². The maximum atomic E-state index is 13.4. The second-order valence-electron chi connectivity index (χ2n) is 10.2. The first-order valence-electron chi connectivity index (χ1n) is 13.1. The Hall–Kier alpha value is -2.89. The van der Waals surface area contributed by atoms with Gasteiger partial charge in [0.1, 0.15) is 10.9 Å². The van der Waals surface area contributed by atoms with Crippen LogP contribution in [0.4, 0.5) is 0 Å². The number of hydrogen-bond acceptors (Lipinski definition) is 7. The van der Waals surface area contributed by atoms with Gasteiger partial charge in [-0.3, -0.25) is 14.4 Å². The Kier molecular flexibility index (Phi) is 9.59. The first kappa shape index (κ1) is 27.2. The molecule has 0 radical (unpaired) electrons. The zero-order chi connectivity index (χ0) is 26.2. The van der Waals surface area contributed by atoms with Crippen molar-refractivity contribution in [2.24, 2.45) is 5.92 Å². The number of benzene rings is 1. The van der Waals surface area contributed by atoms with Crippen molar-refractivity contribution < 1.29 is 20.1 Å². The molecule has 2 heterocycles. The zero-order valence-corrected chi connectivity index (χ0v) is 22.3. The van der Waals surface area contributed by atoms with Gasteiger partial charge in [-0.25, -0.2) is 0 Å². The molecule has 1 saturated heterocycles. The predicted octanol–water partition coefficient (Wildman–Crippen LogP) is 0.460. The second kappa shape index (κ2) is 13.1. The molecule has 1 aliphatic carbocycles. The van der Waals surface area contributed by atoms with Gasteiger partial charge in [-0.15, -0.1) is 5.10 Å². The predicted molar refractivity (Wildman–Crippen MR) is 140 cm³/mol. The molecule has 0 unspecified atom stereocenters. The number of rotatable bonds is 9. The van der Waals surface area contributed by atoms with Crippen LogP contribution in [0, 0.1) is 5.92 Å². The maximum Gasteiger partial charge on any atom is 0.278 e. The van der Waals surface area contributed by atoms with E-state index in [9.17, 15) is 14.4 Å². The lowest BCUT2D eigenvalue weighted by Crippen LogP contribution is -2.70. The van der Waals surface area contributed by atoms with E-state index >= 15 is 0 Å². The number of piperazine rings is 1. The highest BCUT2D eigenvalue weighted by Crippen LogP contribution is 2.25. The van der Waals surface area contributed by atoms with Crippen molar-refractivity contribution in [2.45, 2.75) is 57.2 Å². The van der Waals surface area contributed by atoms with Crippen LogP contribution in [-0.2, 0) is 22.6 Å². The lowest BCUT2D eigenvalue weighted by atomic mass is 9.84. The summed E-state index contributed by atoms with van der Waals surface area (Å²) >= 11 is 1.00. The molecule has 2 atom stereocenters. The van der Waals surface area contributed by atoms with E-state index in [4.69, 9.17) is 0 Å². The molecule has 1 aliphatic heterocycles. The molecular formula is C26H38N7O3S+. The highest BCUT2D eigenvalue weighted by atomic mass is 32.1. The molecule has 5 N–H and O–H groups in total. The lowest BCUT2D eigenvalue weighted by molar-refractivity contribution is -0.417. The van der Waals surface area contributed by atoms with Gasteiger partial charge in [-0.1, -0.05) is 48.0 Å². The highest BCUT2D eigenvalue weighted by Gasteiger charge is 2.30. The molecule has 200 valence electrons.